The molecule has 1 unspecified atom stereocenters. The van der Waals surface area contributed by atoms with E-state index in [4.69, 9.17) is 4.74 Å². The summed E-state index contributed by atoms with van der Waals surface area (Å²) < 4.78 is 4.73. The first-order valence-electron chi connectivity index (χ1n) is 6.28. The average Bonchev–Trinajstić information content (AvgIpc) is 2.26. The number of nitrogens with one attached hydrogen (secondary N) is 1. The predicted molar refractivity (Wildman–Crippen MR) is 73.7 cm³/mol. The molecule has 3 heteroatoms. The number of methoxy groups -OCH3 is 1. The lowest BCUT2D eigenvalue weighted by atomic mass is 9.94. The Labute approximate surface area is 110 Å². The Morgan fingerprint density at radius 1 is 1.17 bits per heavy atom. The Kier molecular flexibility index (Phi) is 4.91. The van der Waals surface area contributed by atoms with Crippen LogP contribution in [0.2, 0.25) is 0 Å². The topological polar surface area (TPSA) is 38.3 Å². The highest BCUT2D eigenvalue weighted by Crippen LogP contribution is 2.23. The molecule has 0 aromatic heterocycles. The van der Waals surface area contributed by atoms with Gasteiger partial charge >= 0.3 is 5.97 Å². The van der Waals surface area contributed by atoms with Gasteiger partial charge in [0.25, 0.3) is 0 Å². The summed E-state index contributed by atoms with van der Waals surface area (Å²) in [5.41, 5.74) is 5.03. The fraction of sp³-hybridized carbons (Fsp3) is 0.533. The lowest BCUT2D eigenvalue weighted by molar-refractivity contribution is -0.142. The number of hydrogen-bond acceptors (Lipinski definition) is 3. The molecule has 0 aliphatic carbocycles. The second-order valence-corrected chi connectivity index (χ2v) is 4.95. The zero-order chi connectivity index (χ0) is 13.9. The molecule has 0 radical (unpaired) electrons. The Hall–Kier alpha value is -1.35. The molecule has 1 N–H and O–H groups in total. The summed E-state index contributed by atoms with van der Waals surface area (Å²) in [6.07, 6.45) is 0. The lowest BCUT2D eigenvalue weighted by Gasteiger charge is -2.22. The first-order chi connectivity index (χ1) is 8.36. The van der Waals surface area contributed by atoms with Gasteiger partial charge in [-0.3, -0.25) is 10.1 Å². The molecule has 0 fully saturated rings. The van der Waals surface area contributed by atoms with Crippen LogP contribution in [0.15, 0.2) is 12.1 Å². The van der Waals surface area contributed by atoms with E-state index in [2.05, 4.69) is 45.1 Å². The van der Waals surface area contributed by atoms with Gasteiger partial charge in [0.15, 0.2) is 0 Å². The molecule has 100 valence electrons. The predicted octanol–water partition coefficient (Wildman–Crippen LogP) is 2.82. The first-order valence-corrected chi connectivity index (χ1v) is 6.28. The standard InChI is InChI=1S/C15H23NO2/c1-9-7-10(2)14(11(3)8-9)12(4)16-13(5)15(17)18-6/h7-8,12-13,16H,1-6H3/t12?,13-/m0/s1. The van der Waals surface area contributed by atoms with Gasteiger partial charge in [-0.1, -0.05) is 17.7 Å². The van der Waals surface area contributed by atoms with Gasteiger partial charge in [0.05, 0.1) is 7.11 Å². The number of benzene rings is 1. The zero-order valence-electron chi connectivity index (χ0n) is 12.1. The maximum Gasteiger partial charge on any atom is 0.322 e. The van der Waals surface area contributed by atoms with E-state index in [0.717, 1.165) is 0 Å². The van der Waals surface area contributed by atoms with Crippen LogP contribution in [0, 0.1) is 20.8 Å². The minimum atomic E-state index is -0.301. The zero-order valence-corrected chi connectivity index (χ0v) is 12.1. The molecule has 0 saturated heterocycles. The molecular weight excluding hydrogens is 226 g/mol. The smallest absolute Gasteiger partial charge is 0.322 e. The molecule has 1 rings (SSSR count). The minimum absolute atomic E-state index is 0.125. The average molecular weight is 249 g/mol. The summed E-state index contributed by atoms with van der Waals surface area (Å²) in [6, 6.07) is 4.16. The van der Waals surface area contributed by atoms with Crippen LogP contribution in [0.5, 0.6) is 0 Å². The monoisotopic (exact) mass is 249 g/mol. The van der Waals surface area contributed by atoms with E-state index in [-0.39, 0.29) is 18.1 Å². The SMILES string of the molecule is COC(=O)[C@H](C)NC(C)c1c(C)cc(C)cc1C. The molecule has 0 saturated carbocycles. The molecule has 2 atom stereocenters. The fourth-order valence-electron chi connectivity index (χ4n) is 2.58. The fourth-order valence-corrected chi connectivity index (χ4v) is 2.58. The van der Waals surface area contributed by atoms with Gasteiger partial charge in [-0.15, -0.1) is 0 Å². The van der Waals surface area contributed by atoms with Gasteiger partial charge in [0.1, 0.15) is 6.04 Å². The van der Waals surface area contributed by atoms with Crippen LogP contribution in [0.1, 0.15) is 42.1 Å². The number of carbonyl (C=O) groups is 1. The van der Waals surface area contributed by atoms with Crippen molar-refractivity contribution in [2.45, 2.75) is 46.7 Å². The Morgan fingerprint density at radius 3 is 2.11 bits per heavy atom. The molecule has 0 amide bonds. The van der Waals surface area contributed by atoms with Crippen molar-refractivity contribution in [3.8, 4) is 0 Å². The van der Waals surface area contributed by atoms with Crippen molar-refractivity contribution in [3.05, 3.63) is 34.4 Å². The molecule has 0 bridgehead atoms. The second kappa shape index (κ2) is 6.01. The molecule has 18 heavy (non-hydrogen) atoms. The van der Waals surface area contributed by atoms with Gasteiger partial charge in [0, 0.05) is 6.04 Å². The van der Waals surface area contributed by atoms with E-state index in [0.29, 0.717) is 0 Å². The second-order valence-electron chi connectivity index (χ2n) is 4.95. The summed E-state index contributed by atoms with van der Waals surface area (Å²) in [7, 11) is 1.41. The Morgan fingerprint density at radius 2 is 1.67 bits per heavy atom. The van der Waals surface area contributed by atoms with E-state index in [1.165, 1.54) is 29.4 Å². The van der Waals surface area contributed by atoms with Gasteiger partial charge in [-0.25, -0.2) is 0 Å². The van der Waals surface area contributed by atoms with Crippen LogP contribution < -0.4 is 5.32 Å². The normalized spacial score (nSPS) is 14.1. The van der Waals surface area contributed by atoms with E-state index >= 15 is 0 Å². The van der Waals surface area contributed by atoms with Gasteiger partial charge in [-0.2, -0.15) is 0 Å². The van der Waals surface area contributed by atoms with Crippen LogP contribution >= 0.6 is 0 Å². The number of ether oxygens (including phenoxy) is 1. The number of aryl methyl sites for hydroxylation is 3. The molecule has 0 spiro atoms. The van der Waals surface area contributed by atoms with Crippen molar-refractivity contribution in [2.75, 3.05) is 7.11 Å². The van der Waals surface area contributed by atoms with Crippen molar-refractivity contribution >= 4 is 5.97 Å². The van der Waals surface area contributed by atoms with Crippen molar-refractivity contribution in [1.82, 2.24) is 5.32 Å². The molecule has 1 aromatic rings. The molecule has 0 aliphatic rings. The van der Waals surface area contributed by atoms with Crippen LogP contribution in [-0.4, -0.2) is 19.1 Å². The van der Waals surface area contributed by atoms with Gasteiger partial charge in [0.2, 0.25) is 0 Å². The van der Waals surface area contributed by atoms with Crippen molar-refractivity contribution < 1.29 is 9.53 Å². The van der Waals surface area contributed by atoms with Crippen LogP contribution in [0.3, 0.4) is 0 Å². The van der Waals surface area contributed by atoms with Crippen LogP contribution in [0.25, 0.3) is 0 Å². The Balaban J connectivity index is 2.91. The van der Waals surface area contributed by atoms with E-state index in [1.807, 2.05) is 6.92 Å². The van der Waals surface area contributed by atoms with Gasteiger partial charge in [-0.05, 0) is 51.3 Å². The van der Waals surface area contributed by atoms with Crippen molar-refractivity contribution in [3.63, 3.8) is 0 Å². The highest BCUT2D eigenvalue weighted by atomic mass is 16.5. The van der Waals surface area contributed by atoms with E-state index in [1.54, 1.807) is 0 Å². The van der Waals surface area contributed by atoms with Crippen LogP contribution in [0.4, 0.5) is 0 Å². The molecule has 1 aromatic carbocycles. The summed E-state index contributed by atoms with van der Waals surface area (Å²) in [5, 5.41) is 3.27. The molecule has 0 heterocycles. The lowest BCUT2D eigenvalue weighted by Crippen LogP contribution is -2.37. The largest absolute Gasteiger partial charge is 0.468 e. The maximum atomic E-state index is 11.4. The van der Waals surface area contributed by atoms with E-state index in [9.17, 15) is 4.79 Å². The third-order valence-electron chi connectivity index (χ3n) is 3.23. The number of rotatable bonds is 4. The van der Waals surface area contributed by atoms with Gasteiger partial charge < -0.3 is 4.74 Å². The van der Waals surface area contributed by atoms with E-state index < -0.39 is 0 Å². The number of esters is 1. The summed E-state index contributed by atoms with van der Waals surface area (Å²) in [6.45, 7) is 10.2. The quantitative estimate of drug-likeness (QED) is 0.834. The molecule has 0 aliphatic heterocycles. The number of carbonyl (C=O) groups excluding carboxylic acids is 1. The summed E-state index contributed by atoms with van der Waals surface area (Å²) in [4.78, 5) is 11.4. The minimum Gasteiger partial charge on any atom is -0.468 e. The Bertz CT molecular complexity index is 417. The first kappa shape index (κ1) is 14.7. The van der Waals surface area contributed by atoms with Crippen LogP contribution in [-0.2, 0) is 9.53 Å². The van der Waals surface area contributed by atoms with Crippen molar-refractivity contribution in [1.29, 1.82) is 0 Å². The molecule has 3 nitrogen and oxygen atoms in total. The third-order valence-corrected chi connectivity index (χ3v) is 3.23. The summed E-state index contributed by atoms with van der Waals surface area (Å²) >= 11 is 0. The maximum absolute atomic E-state index is 11.4. The highest BCUT2D eigenvalue weighted by Gasteiger charge is 2.18. The number of hydrogen-bond donors (Lipinski definition) is 1. The summed E-state index contributed by atoms with van der Waals surface area (Å²) in [5.74, 6) is -0.232. The highest BCUT2D eigenvalue weighted by molar-refractivity contribution is 5.75. The van der Waals surface area contributed by atoms with Crippen molar-refractivity contribution in [2.24, 2.45) is 0 Å². The molecular formula is C15H23NO2. The third kappa shape index (κ3) is 3.33.